The average Bonchev–Trinajstić information content (AvgIpc) is 2.34. The zero-order chi connectivity index (χ0) is 13.5. The van der Waals surface area contributed by atoms with E-state index in [0.717, 1.165) is 5.56 Å². The van der Waals surface area contributed by atoms with Gasteiger partial charge < -0.3 is 15.4 Å². The van der Waals surface area contributed by atoms with Crippen molar-refractivity contribution in [2.24, 2.45) is 5.73 Å². The molecule has 0 aromatic heterocycles. The molecule has 5 heteroatoms. The molecule has 18 heavy (non-hydrogen) atoms. The molecule has 1 amide bonds. The van der Waals surface area contributed by atoms with Gasteiger partial charge in [0.15, 0.2) is 0 Å². The Kier molecular flexibility index (Phi) is 5.58. The van der Waals surface area contributed by atoms with Gasteiger partial charge in [-0.1, -0.05) is 24.4 Å². The van der Waals surface area contributed by atoms with Crippen LogP contribution in [0.2, 0.25) is 0 Å². The summed E-state index contributed by atoms with van der Waals surface area (Å²) in [7, 11) is 3.48. The standard InChI is InChI=1S/C13H18N2O2S/c1-15(2)12(16)8-5-9-17-11-7-4-3-6-10(11)13(14)18/h3-4,6-7H,5,8-9H2,1-2H3,(H2,14,18). The van der Waals surface area contributed by atoms with E-state index >= 15 is 0 Å². The van der Waals surface area contributed by atoms with Crippen molar-refractivity contribution in [1.82, 2.24) is 4.90 Å². The fourth-order valence-electron chi connectivity index (χ4n) is 1.43. The van der Waals surface area contributed by atoms with Crippen molar-refractivity contribution in [2.75, 3.05) is 20.7 Å². The first-order valence-electron chi connectivity index (χ1n) is 5.74. The van der Waals surface area contributed by atoms with Gasteiger partial charge in [0.1, 0.15) is 10.7 Å². The van der Waals surface area contributed by atoms with E-state index in [9.17, 15) is 4.79 Å². The molecule has 0 saturated heterocycles. The monoisotopic (exact) mass is 266 g/mol. The van der Waals surface area contributed by atoms with E-state index in [-0.39, 0.29) is 5.91 Å². The maximum atomic E-state index is 11.4. The lowest BCUT2D eigenvalue weighted by atomic mass is 10.2. The summed E-state index contributed by atoms with van der Waals surface area (Å²) in [6.45, 7) is 0.471. The number of ether oxygens (including phenoxy) is 1. The highest BCUT2D eigenvalue weighted by Gasteiger charge is 2.06. The summed E-state index contributed by atoms with van der Waals surface area (Å²) in [5.74, 6) is 0.767. The third-order valence-electron chi connectivity index (χ3n) is 2.44. The van der Waals surface area contributed by atoms with Gasteiger partial charge in [0.05, 0.1) is 12.2 Å². The van der Waals surface area contributed by atoms with E-state index in [1.54, 1.807) is 19.0 Å². The van der Waals surface area contributed by atoms with Crippen LogP contribution in [0.4, 0.5) is 0 Å². The molecule has 0 aliphatic carbocycles. The topological polar surface area (TPSA) is 55.6 Å². The van der Waals surface area contributed by atoms with E-state index < -0.39 is 0 Å². The molecule has 98 valence electrons. The van der Waals surface area contributed by atoms with E-state index in [1.807, 2.05) is 24.3 Å². The molecule has 0 aliphatic heterocycles. The second-order valence-electron chi connectivity index (χ2n) is 4.10. The first-order valence-corrected chi connectivity index (χ1v) is 6.15. The van der Waals surface area contributed by atoms with Crippen LogP contribution in [0.1, 0.15) is 18.4 Å². The Morgan fingerprint density at radius 2 is 2.06 bits per heavy atom. The minimum atomic E-state index is 0.0984. The van der Waals surface area contributed by atoms with Crippen molar-refractivity contribution < 1.29 is 9.53 Å². The quantitative estimate of drug-likeness (QED) is 0.627. The zero-order valence-corrected chi connectivity index (χ0v) is 11.5. The molecular weight excluding hydrogens is 248 g/mol. The Bertz CT molecular complexity index is 433. The summed E-state index contributed by atoms with van der Waals surface area (Å²) >= 11 is 4.94. The largest absolute Gasteiger partial charge is 0.493 e. The van der Waals surface area contributed by atoms with Gasteiger partial charge in [-0.2, -0.15) is 0 Å². The van der Waals surface area contributed by atoms with Gasteiger partial charge in [-0.25, -0.2) is 0 Å². The fraction of sp³-hybridized carbons (Fsp3) is 0.385. The van der Waals surface area contributed by atoms with Crippen LogP contribution >= 0.6 is 12.2 Å². The molecule has 1 aromatic rings. The molecule has 1 rings (SSSR count). The molecule has 0 atom stereocenters. The molecular formula is C13H18N2O2S. The number of nitrogens with two attached hydrogens (primary N) is 1. The summed E-state index contributed by atoms with van der Waals surface area (Å²) in [4.78, 5) is 13.2. The van der Waals surface area contributed by atoms with Crippen molar-refractivity contribution in [1.29, 1.82) is 0 Å². The number of para-hydroxylation sites is 1. The van der Waals surface area contributed by atoms with Gasteiger partial charge in [-0.15, -0.1) is 0 Å². The Morgan fingerprint density at radius 1 is 1.39 bits per heavy atom. The number of carbonyl (C=O) groups excluding carboxylic acids is 1. The number of rotatable bonds is 6. The molecule has 0 saturated carbocycles. The van der Waals surface area contributed by atoms with Gasteiger partial charge in [-0.3, -0.25) is 4.79 Å². The number of hydrogen-bond acceptors (Lipinski definition) is 3. The number of benzene rings is 1. The third-order valence-corrected chi connectivity index (χ3v) is 2.66. The SMILES string of the molecule is CN(C)C(=O)CCCOc1ccccc1C(N)=S. The minimum absolute atomic E-state index is 0.0984. The van der Waals surface area contributed by atoms with Crippen molar-refractivity contribution >= 4 is 23.1 Å². The number of carbonyl (C=O) groups is 1. The zero-order valence-electron chi connectivity index (χ0n) is 10.7. The highest BCUT2D eigenvalue weighted by Crippen LogP contribution is 2.17. The molecule has 0 radical (unpaired) electrons. The number of hydrogen-bond donors (Lipinski definition) is 1. The number of nitrogens with zero attached hydrogens (tertiary/aromatic N) is 1. The van der Waals surface area contributed by atoms with E-state index in [4.69, 9.17) is 22.7 Å². The third kappa shape index (κ3) is 4.33. The van der Waals surface area contributed by atoms with Gasteiger partial charge in [0.2, 0.25) is 5.91 Å². The van der Waals surface area contributed by atoms with Crippen LogP contribution in [0, 0.1) is 0 Å². The normalized spacial score (nSPS) is 9.89. The van der Waals surface area contributed by atoms with E-state index in [0.29, 0.717) is 30.2 Å². The van der Waals surface area contributed by atoms with Crippen molar-refractivity contribution in [3.8, 4) is 5.75 Å². The van der Waals surface area contributed by atoms with Crippen molar-refractivity contribution in [2.45, 2.75) is 12.8 Å². The van der Waals surface area contributed by atoms with Crippen molar-refractivity contribution in [3.63, 3.8) is 0 Å². The minimum Gasteiger partial charge on any atom is -0.493 e. The van der Waals surface area contributed by atoms with Gasteiger partial charge in [0.25, 0.3) is 0 Å². The number of amides is 1. The van der Waals surface area contributed by atoms with Crippen LogP contribution in [-0.4, -0.2) is 36.5 Å². The van der Waals surface area contributed by atoms with Gasteiger partial charge in [-0.05, 0) is 18.6 Å². The molecule has 0 bridgehead atoms. The highest BCUT2D eigenvalue weighted by molar-refractivity contribution is 7.80. The van der Waals surface area contributed by atoms with Crippen molar-refractivity contribution in [3.05, 3.63) is 29.8 Å². The second kappa shape index (κ2) is 6.96. The van der Waals surface area contributed by atoms with Gasteiger partial charge >= 0.3 is 0 Å². The van der Waals surface area contributed by atoms with Crippen LogP contribution in [0.25, 0.3) is 0 Å². The van der Waals surface area contributed by atoms with Crippen LogP contribution in [0.15, 0.2) is 24.3 Å². The van der Waals surface area contributed by atoms with Crippen LogP contribution in [0.5, 0.6) is 5.75 Å². The number of thiocarbonyl (C=S) groups is 1. The summed E-state index contributed by atoms with van der Waals surface area (Å²) in [5.41, 5.74) is 6.33. The highest BCUT2D eigenvalue weighted by atomic mass is 32.1. The summed E-state index contributed by atoms with van der Waals surface area (Å²) in [6, 6.07) is 7.36. The lowest BCUT2D eigenvalue weighted by molar-refractivity contribution is -0.128. The molecule has 4 nitrogen and oxygen atoms in total. The maximum Gasteiger partial charge on any atom is 0.222 e. The van der Waals surface area contributed by atoms with Gasteiger partial charge in [0, 0.05) is 20.5 Å². The molecule has 2 N–H and O–H groups in total. The first kappa shape index (κ1) is 14.4. The summed E-state index contributed by atoms with van der Waals surface area (Å²) in [5, 5.41) is 0. The molecule has 0 heterocycles. The molecule has 0 unspecified atom stereocenters. The predicted molar refractivity (Wildman–Crippen MR) is 75.8 cm³/mol. The Morgan fingerprint density at radius 3 is 2.67 bits per heavy atom. The first-order chi connectivity index (χ1) is 8.52. The van der Waals surface area contributed by atoms with E-state index in [1.165, 1.54) is 0 Å². The summed E-state index contributed by atoms with van der Waals surface area (Å²) < 4.78 is 5.59. The van der Waals surface area contributed by atoms with Crippen LogP contribution in [0.3, 0.4) is 0 Å². The summed E-state index contributed by atoms with van der Waals surface area (Å²) in [6.07, 6.45) is 1.14. The van der Waals surface area contributed by atoms with E-state index in [2.05, 4.69) is 0 Å². The molecule has 0 spiro atoms. The van der Waals surface area contributed by atoms with Crippen LogP contribution < -0.4 is 10.5 Å². The molecule has 1 aromatic carbocycles. The Labute approximate surface area is 113 Å². The fourth-order valence-corrected chi connectivity index (χ4v) is 1.59. The lowest BCUT2D eigenvalue weighted by Crippen LogP contribution is -2.21. The predicted octanol–water partition coefficient (Wildman–Crippen LogP) is 1.57. The molecule has 0 fully saturated rings. The Hall–Kier alpha value is -1.62. The average molecular weight is 266 g/mol. The molecule has 0 aliphatic rings. The second-order valence-corrected chi connectivity index (χ2v) is 4.54. The van der Waals surface area contributed by atoms with Crippen LogP contribution in [-0.2, 0) is 4.79 Å². The smallest absolute Gasteiger partial charge is 0.222 e. The maximum absolute atomic E-state index is 11.4. The lowest BCUT2D eigenvalue weighted by Gasteiger charge is -2.12. The Balaban J connectivity index is 2.45.